The number of hydrogen-bond acceptors (Lipinski definition) is 3. The van der Waals surface area contributed by atoms with Gasteiger partial charge in [0.05, 0.1) is 11.5 Å². The second-order valence-corrected chi connectivity index (χ2v) is 5.09. The highest BCUT2D eigenvalue weighted by atomic mass is 35.5. The van der Waals surface area contributed by atoms with Crippen LogP contribution in [-0.2, 0) is 4.79 Å². The number of hydrogen-bond donors (Lipinski definition) is 2. The Bertz CT molecular complexity index is 519. The molecule has 1 aliphatic rings. The third-order valence-electron chi connectivity index (χ3n) is 3.34. The van der Waals surface area contributed by atoms with Gasteiger partial charge in [-0.1, -0.05) is 11.6 Å². The first-order valence-electron chi connectivity index (χ1n) is 6.06. The van der Waals surface area contributed by atoms with Gasteiger partial charge in [-0.25, -0.2) is 0 Å². The van der Waals surface area contributed by atoms with E-state index in [1.165, 1.54) is 6.07 Å². The van der Waals surface area contributed by atoms with Crippen molar-refractivity contribution in [2.75, 3.05) is 18.0 Å². The predicted octanol–water partition coefficient (Wildman–Crippen LogP) is 1.74. The molecule has 5 nitrogen and oxygen atoms in total. The normalized spacial score (nSPS) is 19.2. The fraction of sp³-hybridized carbons (Fsp3) is 0.385. The van der Waals surface area contributed by atoms with Crippen molar-refractivity contribution in [3.8, 4) is 0 Å². The summed E-state index contributed by atoms with van der Waals surface area (Å²) >= 11 is 5.86. The summed E-state index contributed by atoms with van der Waals surface area (Å²) in [6.45, 7) is 1.10. The average molecular weight is 283 g/mol. The van der Waals surface area contributed by atoms with Crippen LogP contribution >= 0.6 is 11.6 Å². The average Bonchev–Trinajstić information content (AvgIpc) is 2.38. The molecule has 3 N–H and O–H groups in total. The Morgan fingerprint density at radius 3 is 2.79 bits per heavy atom. The molecule has 0 radical (unpaired) electrons. The Hall–Kier alpha value is -1.75. The van der Waals surface area contributed by atoms with Crippen molar-refractivity contribution in [3.63, 3.8) is 0 Å². The maximum absolute atomic E-state index is 11.5. The number of primary amides is 1. The third-order valence-corrected chi connectivity index (χ3v) is 3.57. The van der Waals surface area contributed by atoms with Gasteiger partial charge in [0.1, 0.15) is 0 Å². The molecule has 19 heavy (non-hydrogen) atoms. The zero-order valence-electron chi connectivity index (χ0n) is 10.3. The van der Waals surface area contributed by atoms with Gasteiger partial charge in [-0.05, 0) is 31.0 Å². The van der Waals surface area contributed by atoms with Gasteiger partial charge in [-0.2, -0.15) is 0 Å². The van der Waals surface area contributed by atoms with Crippen LogP contribution in [0, 0.1) is 5.92 Å². The maximum Gasteiger partial charge on any atom is 0.308 e. The lowest BCUT2D eigenvalue weighted by atomic mass is 9.97. The molecule has 2 rings (SSSR count). The highest BCUT2D eigenvalue weighted by Crippen LogP contribution is 2.28. The number of amides is 1. The second kappa shape index (κ2) is 5.48. The summed E-state index contributed by atoms with van der Waals surface area (Å²) < 4.78 is 0. The predicted molar refractivity (Wildman–Crippen MR) is 72.5 cm³/mol. The molecule has 0 saturated carbocycles. The number of carbonyl (C=O) groups is 2. The molecule has 0 bridgehead atoms. The zero-order chi connectivity index (χ0) is 14.0. The standard InChI is InChI=1S/C13H15ClN2O3/c14-9-3-4-11(10(6-9)12(15)17)16-5-1-2-8(7-16)13(18)19/h3-4,6,8H,1-2,5,7H2,(H2,15,17)(H,18,19). The lowest BCUT2D eigenvalue weighted by Gasteiger charge is -2.33. The van der Waals surface area contributed by atoms with E-state index in [4.69, 9.17) is 22.4 Å². The van der Waals surface area contributed by atoms with Crippen LogP contribution in [0.15, 0.2) is 18.2 Å². The molecular weight excluding hydrogens is 268 g/mol. The van der Waals surface area contributed by atoms with Gasteiger partial charge in [0, 0.05) is 23.8 Å². The van der Waals surface area contributed by atoms with E-state index >= 15 is 0 Å². The van der Waals surface area contributed by atoms with E-state index in [-0.39, 0.29) is 0 Å². The van der Waals surface area contributed by atoms with E-state index in [0.717, 1.165) is 6.42 Å². The summed E-state index contributed by atoms with van der Waals surface area (Å²) in [7, 11) is 0. The van der Waals surface area contributed by atoms with Gasteiger partial charge >= 0.3 is 5.97 Å². The molecule has 1 unspecified atom stereocenters. The molecule has 102 valence electrons. The van der Waals surface area contributed by atoms with Crippen LogP contribution in [0.3, 0.4) is 0 Å². The summed E-state index contributed by atoms with van der Waals surface area (Å²) in [5, 5.41) is 9.52. The number of carbonyl (C=O) groups excluding carboxylic acids is 1. The minimum absolute atomic E-state index is 0.332. The second-order valence-electron chi connectivity index (χ2n) is 4.65. The molecule has 1 saturated heterocycles. The summed E-state index contributed by atoms with van der Waals surface area (Å²) in [6, 6.07) is 4.91. The number of anilines is 1. The monoisotopic (exact) mass is 282 g/mol. The van der Waals surface area contributed by atoms with Gasteiger partial charge in [0.25, 0.3) is 5.91 Å². The van der Waals surface area contributed by atoms with E-state index in [0.29, 0.717) is 35.8 Å². The third kappa shape index (κ3) is 2.98. The van der Waals surface area contributed by atoms with Crippen LogP contribution in [0.4, 0.5) is 5.69 Å². The first kappa shape index (κ1) is 13.7. The molecule has 6 heteroatoms. The van der Waals surface area contributed by atoms with Gasteiger partial charge in [0.15, 0.2) is 0 Å². The van der Waals surface area contributed by atoms with Crippen molar-refractivity contribution in [3.05, 3.63) is 28.8 Å². The van der Waals surface area contributed by atoms with Gasteiger partial charge in [-0.15, -0.1) is 0 Å². The maximum atomic E-state index is 11.5. The van der Waals surface area contributed by atoms with E-state index in [1.807, 2.05) is 4.90 Å². The topological polar surface area (TPSA) is 83.6 Å². The first-order chi connectivity index (χ1) is 8.99. The molecule has 0 aliphatic carbocycles. The Balaban J connectivity index is 2.30. The van der Waals surface area contributed by atoms with E-state index in [9.17, 15) is 9.59 Å². The van der Waals surface area contributed by atoms with Crippen LogP contribution in [0.5, 0.6) is 0 Å². The molecule has 0 spiro atoms. The van der Waals surface area contributed by atoms with Crippen molar-refractivity contribution < 1.29 is 14.7 Å². The first-order valence-corrected chi connectivity index (χ1v) is 6.44. The van der Waals surface area contributed by atoms with Crippen molar-refractivity contribution in [1.29, 1.82) is 0 Å². The zero-order valence-corrected chi connectivity index (χ0v) is 11.1. The van der Waals surface area contributed by atoms with Crippen molar-refractivity contribution >= 4 is 29.2 Å². The Kier molecular flexibility index (Phi) is 3.95. The van der Waals surface area contributed by atoms with Crippen LogP contribution < -0.4 is 10.6 Å². The Labute approximate surface area is 116 Å². The lowest BCUT2D eigenvalue weighted by molar-refractivity contribution is -0.141. The highest BCUT2D eigenvalue weighted by Gasteiger charge is 2.27. The van der Waals surface area contributed by atoms with E-state index in [2.05, 4.69) is 0 Å². The molecule has 1 heterocycles. The molecule has 1 aromatic rings. The highest BCUT2D eigenvalue weighted by molar-refractivity contribution is 6.31. The lowest BCUT2D eigenvalue weighted by Crippen LogP contribution is -2.39. The van der Waals surface area contributed by atoms with Crippen molar-refractivity contribution in [2.24, 2.45) is 11.7 Å². The molecule has 1 fully saturated rings. The molecular formula is C13H15ClN2O3. The largest absolute Gasteiger partial charge is 0.481 e. The fourth-order valence-electron chi connectivity index (χ4n) is 2.38. The number of nitrogens with two attached hydrogens (primary N) is 1. The minimum Gasteiger partial charge on any atom is -0.481 e. The molecule has 1 amide bonds. The number of benzene rings is 1. The molecule has 1 aromatic carbocycles. The summed E-state index contributed by atoms with van der Waals surface area (Å²) in [5.41, 5.74) is 6.33. The number of halogens is 1. The van der Waals surface area contributed by atoms with Crippen molar-refractivity contribution in [2.45, 2.75) is 12.8 Å². The molecule has 1 atom stereocenters. The fourth-order valence-corrected chi connectivity index (χ4v) is 2.55. The number of aliphatic carboxylic acids is 1. The number of carboxylic acids is 1. The Morgan fingerprint density at radius 2 is 2.16 bits per heavy atom. The van der Waals surface area contributed by atoms with Crippen LogP contribution in [-0.4, -0.2) is 30.1 Å². The molecule has 0 aromatic heterocycles. The number of rotatable bonds is 3. The number of carboxylic acid groups (broad SMARTS) is 1. The van der Waals surface area contributed by atoms with Crippen molar-refractivity contribution in [1.82, 2.24) is 0 Å². The number of nitrogens with zero attached hydrogens (tertiary/aromatic N) is 1. The summed E-state index contributed by atoms with van der Waals surface area (Å²) in [4.78, 5) is 24.4. The van der Waals surface area contributed by atoms with Crippen LogP contribution in [0.25, 0.3) is 0 Å². The summed E-state index contributed by atoms with van der Waals surface area (Å²) in [5.74, 6) is -1.78. The minimum atomic E-state index is -0.806. The van der Waals surface area contributed by atoms with E-state index in [1.54, 1.807) is 12.1 Å². The van der Waals surface area contributed by atoms with Gasteiger partial charge < -0.3 is 15.7 Å². The SMILES string of the molecule is NC(=O)c1cc(Cl)ccc1N1CCCC(C(=O)O)C1. The quantitative estimate of drug-likeness (QED) is 0.884. The Morgan fingerprint density at radius 1 is 1.42 bits per heavy atom. The van der Waals surface area contributed by atoms with Gasteiger partial charge in [0.2, 0.25) is 0 Å². The number of piperidine rings is 1. The molecule has 1 aliphatic heterocycles. The van der Waals surface area contributed by atoms with E-state index < -0.39 is 17.8 Å². The summed E-state index contributed by atoms with van der Waals surface area (Å²) in [6.07, 6.45) is 1.43. The van der Waals surface area contributed by atoms with Gasteiger partial charge in [-0.3, -0.25) is 9.59 Å². The smallest absolute Gasteiger partial charge is 0.308 e. The van der Waals surface area contributed by atoms with Crippen LogP contribution in [0.2, 0.25) is 5.02 Å². The van der Waals surface area contributed by atoms with Crippen LogP contribution in [0.1, 0.15) is 23.2 Å².